The fourth-order valence-electron chi connectivity index (χ4n) is 10.4. The summed E-state index contributed by atoms with van der Waals surface area (Å²) < 4.78 is 6.82. The van der Waals surface area contributed by atoms with Gasteiger partial charge in [0, 0.05) is 16.8 Å². The Morgan fingerprint density at radius 3 is 1.87 bits per heavy atom. The summed E-state index contributed by atoms with van der Waals surface area (Å²) in [5.41, 5.74) is 20.5. The predicted molar refractivity (Wildman–Crippen MR) is 256 cm³/mol. The van der Waals surface area contributed by atoms with Gasteiger partial charge in [0.15, 0.2) is 0 Å². The summed E-state index contributed by atoms with van der Waals surface area (Å²) in [5, 5.41) is 11.4. The quantitative estimate of drug-likeness (QED) is 0.0960. The maximum Gasteiger partial charge on any atom is 0.132 e. The number of allylic oxidation sites excluding steroid dienone is 1. The van der Waals surface area contributed by atoms with Crippen LogP contribution in [0.2, 0.25) is 0 Å². The van der Waals surface area contributed by atoms with E-state index in [1.807, 2.05) is 6.07 Å². The molecule has 0 radical (unpaired) electrons. The first-order valence-electron chi connectivity index (χ1n) is 21.5. The number of ether oxygens (including phenoxy) is 1. The molecule has 10 aromatic carbocycles. The molecule has 2 aliphatic rings. The van der Waals surface area contributed by atoms with Gasteiger partial charge in [0.25, 0.3) is 0 Å². The Kier molecular flexibility index (Phi) is 8.45. The molecule has 3 N–H and O–H groups in total. The SMILES string of the molecule is NC(N/C(=C\Cc1c2ccccc2cc2c1ccc1ccccc12)c1ccc2c(c1)C1(c3ccccc3O2)c2ccccc2-c2ccccc21)c1ccc(-c2ccccc2)cc1. The van der Waals surface area contributed by atoms with Gasteiger partial charge in [-0.1, -0.05) is 188 Å². The Morgan fingerprint density at radius 2 is 1.10 bits per heavy atom. The van der Waals surface area contributed by atoms with Gasteiger partial charge in [-0.15, -0.1) is 0 Å². The lowest BCUT2D eigenvalue weighted by atomic mass is 9.66. The van der Waals surface area contributed by atoms with E-state index in [0.717, 1.165) is 45.0 Å². The highest BCUT2D eigenvalue weighted by atomic mass is 16.5. The topological polar surface area (TPSA) is 47.3 Å². The van der Waals surface area contributed by atoms with Crippen LogP contribution in [0.25, 0.3) is 60.3 Å². The summed E-state index contributed by atoms with van der Waals surface area (Å²) in [7, 11) is 0. The van der Waals surface area contributed by atoms with Crippen molar-refractivity contribution in [1.29, 1.82) is 0 Å². The Hall–Kier alpha value is -7.72. The van der Waals surface area contributed by atoms with Crippen LogP contribution in [-0.4, -0.2) is 0 Å². The number of para-hydroxylation sites is 1. The van der Waals surface area contributed by atoms with Crippen LogP contribution in [0.4, 0.5) is 0 Å². The van der Waals surface area contributed by atoms with Gasteiger partial charge in [-0.25, -0.2) is 0 Å². The molecule has 1 atom stereocenters. The van der Waals surface area contributed by atoms with E-state index >= 15 is 0 Å². The molecule has 1 unspecified atom stereocenters. The van der Waals surface area contributed by atoms with E-state index in [9.17, 15) is 0 Å². The zero-order valence-corrected chi connectivity index (χ0v) is 34.1. The van der Waals surface area contributed by atoms with Gasteiger partial charge in [0.05, 0.1) is 5.41 Å². The van der Waals surface area contributed by atoms with E-state index in [1.54, 1.807) is 0 Å². The first-order chi connectivity index (χ1) is 30.6. The van der Waals surface area contributed by atoms with Gasteiger partial charge in [0.1, 0.15) is 17.7 Å². The van der Waals surface area contributed by atoms with Crippen molar-refractivity contribution in [3.05, 3.63) is 257 Å². The van der Waals surface area contributed by atoms with Crippen molar-refractivity contribution in [3.63, 3.8) is 0 Å². The molecule has 12 rings (SSSR count). The van der Waals surface area contributed by atoms with Crippen LogP contribution >= 0.6 is 0 Å². The molecule has 62 heavy (non-hydrogen) atoms. The maximum absolute atomic E-state index is 7.20. The highest BCUT2D eigenvalue weighted by molar-refractivity contribution is 6.14. The lowest BCUT2D eigenvalue weighted by Gasteiger charge is -2.39. The van der Waals surface area contributed by atoms with Crippen LogP contribution in [-0.2, 0) is 11.8 Å². The molecule has 294 valence electrons. The largest absolute Gasteiger partial charge is 0.457 e. The zero-order valence-electron chi connectivity index (χ0n) is 34.1. The number of hydrogen-bond donors (Lipinski definition) is 2. The maximum atomic E-state index is 7.20. The molecule has 1 aliphatic carbocycles. The molecule has 3 heteroatoms. The Bertz CT molecular complexity index is 3360. The van der Waals surface area contributed by atoms with Crippen molar-refractivity contribution in [2.45, 2.75) is 18.0 Å². The Labute approximate surface area is 361 Å². The number of nitrogens with two attached hydrogens (primary N) is 1. The van der Waals surface area contributed by atoms with Crippen LogP contribution in [0, 0.1) is 0 Å². The summed E-state index contributed by atoms with van der Waals surface area (Å²) in [6.07, 6.45) is 2.55. The van der Waals surface area contributed by atoms with Crippen molar-refractivity contribution in [1.82, 2.24) is 5.32 Å². The average molecular weight is 795 g/mol. The minimum absolute atomic E-state index is 0.478. The van der Waals surface area contributed by atoms with E-state index in [4.69, 9.17) is 10.5 Å². The first kappa shape index (κ1) is 36.2. The van der Waals surface area contributed by atoms with Crippen LogP contribution in [0.15, 0.2) is 218 Å². The number of rotatable bonds is 7. The van der Waals surface area contributed by atoms with Crippen molar-refractivity contribution >= 4 is 38.0 Å². The van der Waals surface area contributed by atoms with E-state index in [0.29, 0.717) is 6.42 Å². The van der Waals surface area contributed by atoms with E-state index in [-0.39, 0.29) is 0 Å². The standard InChI is InChI=1S/C59H42N2O/c60-58(41-28-26-39(27-29-41)38-14-2-1-3-15-38)61-55(34-33-46-45-19-7-5-17-42(45)36-50-44-18-6-4-16-40(44)30-32-47(46)50)43-31-35-57-54(37-43)59(53-24-12-13-25-56(53)62-57)51-22-10-8-20-48(51)49-21-9-11-23-52(49)59/h1-32,34-37,58,61H,33,60H2/b55-34-. The minimum atomic E-state index is -0.583. The predicted octanol–water partition coefficient (Wildman–Crippen LogP) is 14.1. The molecule has 0 amide bonds. The molecule has 10 aromatic rings. The van der Waals surface area contributed by atoms with Gasteiger partial charge >= 0.3 is 0 Å². The van der Waals surface area contributed by atoms with Gasteiger partial charge in [-0.3, -0.25) is 0 Å². The van der Waals surface area contributed by atoms with Gasteiger partial charge in [-0.2, -0.15) is 0 Å². The molecule has 0 bridgehead atoms. The van der Waals surface area contributed by atoms with Crippen LogP contribution in [0.5, 0.6) is 11.5 Å². The lowest BCUT2D eigenvalue weighted by molar-refractivity contribution is 0.436. The Morgan fingerprint density at radius 1 is 0.484 bits per heavy atom. The normalized spacial score (nSPS) is 13.9. The zero-order chi connectivity index (χ0) is 41.2. The van der Waals surface area contributed by atoms with Gasteiger partial charge in [-0.05, 0) is 119 Å². The molecular formula is C59H42N2O. The minimum Gasteiger partial charge on any atom is -0.457 e. The second-order valence-electron chi connectivity index (χ2n) is 16.5. The molecule has 1 aliphatic heterocycles. The van der Waals surface area contributed by atoms with Gasteiger partial charge < -0.3 is 15.8 Å². The van der Waals surface area contributed by atoms with Crippen LogP contribution in [0.1, 0.15) is 45.1 Å². The van der Waals surface area contributed by atoms with Crippen molar-refractivity contribution in [3.8, 4) is 33.8 Å². The number of nitrogens with one attached hydrogen (secondary N) is 1. The highest BCUT2D eigenvalue weighted by Crippen LogP contribution is 2.62. The van der Waals surface area contributed by atoms with Crippen molar-refractivity contribution in [2.24, 2.45) is 5.73 Å². The fourth-order valence-corrected chi connectivity index (χ4v) is 10.4. The molecule has 0 saturated heterocycles. The molecular weight excluding hydrogens is 753 g/mol. The van der Waals surface area contributed by atoms with Crippen molar-refractivity contribution in [2.75, 3.05) is 0 Å². The number of hydrogen-bond acceptors (Lipinski definition) is 3. The third-order valence-corrected chi connectivity index (χ3v) is 13.2. The van der Waals surface area contributed by atoms with Crippen molar-refractivity contribution < 1.29 is 4.74 Å². The summed E-state index contributed by atoms with van der Waals surface area (Å²) in [4.78, 5) is 0. The molecule has 1 spiro atoms. The smallest absolute Gasteiger partial charge is 0.132 e. The fraction of sp³-hybridized carbons (Fsp3) is 0.0508. The monoisotopic (exact) mass is 794 g/mol. The van der Waals surface area contributed by atoms with Gasteiger partial charge in [0.2, 0.25) is 0 Å². The van der Waals surface area contributed by atoms with Crippen LogP contribution in [0.3, 0.4) is 0 Å². The summed E-state index contributed by atoms with van der Waals surface area (Å²) in [6, 6.07) is 76.4. The lowest BCUT2D eigenvalue weighted by Crippen LogP contribution is -2.32. The molecule has 0 saturated carbocycles. The molecule has 0 aromatic heterocycles. The molecule has 0 fully saturated rings. The summed E-state index contributed by atoms with van der Waals surface area (Å²) in [6.45, 7) is 0. The molecule has 1 heterocycles. The van der Waals surface area contributed by atoms with Crippen LogP contribution < -0.4 is 15.8 Å². The first-order valence-corrected chi connectivity index (χ1v) is 21.5. The average Bonchev–Trinajstić information content (AvgIpc) is 3.63. The number of fused-ring (bicyclic) bond motifs is 13. The Balaban J connectivity index is 1.04. The highest BCUT2D eigenvalue weighted by Gasteiger charge is 2.51. The second kappa shape index (κ2) is 14.5. The summed E-state index contributed by atoms with van der Waals surface area (Å²) >= 11 is 0. The molecule has 3 nitrogen and oxygen atoms in total. The summed E-state index contributed by atoms with van der Waals surface area (Å²) in [5.74, 6) is 1.73. The third-order valence-electron chi connectivity index (χ3n) is 13.2. The number of benzene rings is 10. The third kappa shape index (κ3) is 5.63. The van der Waals surface area contributed by atoms with E-state index in [2.05, 4.69) is 218 Å². The van der Waals surface area contributed by atoms with E-state index in [1.165, 1.54) is 65.7 Å². The van der Waals surface area contributed by atoms with E-state index < -0.39 is 11.6 Å². The second-order valence-corrected chi connectivity index (χ2v) is 16.5.